The van der Waals surface area contributed by atoms with Crippen molar-refractivity contribution in [1.29, 1.82) is 0 Å². The van der Waals surface area contributed by atoms with E-state index < -0.39 is 0 Å². The Kier molecular flexibility index (Phi) is 4.30. The Labute approximate surface area is 113 Å². The summed E-state index contributed by atoms with van der Waals surface area (Å²) in [7, 11) is 2.00. The zero-order valence-electron chi connectivity index (χ0n) is 9.30. The van der Waals surface area contributed by atoms with Crippen molar-refractivity contribution in [2.45, 2.75) is 25.5 Å². The molecule has 0 amide bonds. The first kappa shape index (κ1) is 12.8. The summed E-state index contributed by atoms with van der Waals surface area (Å²) in [6.45, 7) is 2.96. The summed E-state index contributed by atoms with van der Waals surface area (Å²) < 4.78 is 7.44. The fourth-order valence-corrected chi connectivity index (χ4v) is 4.15. The summed E-state index contributed by atoms with van der Waals surface area (Å²) in [5.74, 6) is 0.543. The summed E-state index contributed by atoms with van der Waals surface area (Å²) in [5.41, 5.74) is 0. The molecule has 1 aliphatic rings. The monoisotopic (exact) mass is 323 g/mol. The van der Waals surface area contributed by atoms with Crippen LogP contribution in [0.5, 0.6) is 0 Å². The SMILES string of the molecule is CNC(c1cc(Br)c(Cl)s1)C1COC(C)C1. The minimum Gasteiger partial charge on any atom is -0.378 e. The van der Waals surface area contributed by atoms with E-state index in [4.69, 9.17) is 16.3 Å². The lowest BCUT2D eigenvalue weighted by Gasteiger charge is -2.20. The van der Waals surface area contributed by atoms with E-state index in [0.717, 1.165) is 21.8 Å². The molecule has 0 aliphatic carbocycles. The topological polar surface area (TPSA) is 21.3 Å². The van der Waals surface area contributed by atoms with Crippen molar-refractivity contribution in [3.05, 3.63) is 19.8 Å². The van der Waals surface area contributed by atoms with Crippen LogP contribution in [0.3, 0.4) is 0 Å². The van der Waals surface area contributed by atoms with Crippen LogP contribution in [0.4, 0.5) is 0 Å². The smallest absolute Gasteiger partial charge is 0.107 e. The Balaban J connectivity index is 2.16. The van der Waals surface area contributed by atoms with Gasteiger partial charge in [-0.25, -0.2) is 0 Å². The summed E-state index contributed by atoms with van der Waals surface area (Å²) in [6.07, 6.45) is 1.48. The number of ether oxygens (including phenoxy) is 1. The van der Waals surface area contributed by atoms with Crippen molar-refractivity contribution < 1.29 is 4.74 Å². The zero-order chi connectivity index (χ0) is 11.7. The molecule has 0 aromatic carbocycles. The summed E-state index contributed by atoms with van der Waals surface area (Å²) >= 11 is 11.2. The van der Waals surface area contributed by atoms with Crippen LogP contribution in [0.2, 0.25) is 4.34 Å². The minimum atomic E-state index is 0.346. The van der Waals surface area contributed by atoms with Crippen LogP contribution >= 0.6 is 38.9 Å². The standard InChI is InChI=1S/C11H15BrClNOS/c1-6-3-7(5-15-6)10(14-2)9-4-8(12)11(13)16-9/h4,6-7,10,14H,3,5H2,1-2H3. The quantitative estimate of drug-likeness (QED) is 0.912. The van der Waals surface area contributed by atoms with E-state index in [0.29, 0.717) is 18.1 Å². The van der Waals surface area contributed by atoms with Gasteiger partial charge >= 0.3 is 0 Å². The molecule has 0 spiro atoms. The first-order valence-corrected chi connectivity index (χ1v) is 7.34. The van der Waals surface area contributed by atoms with Crippen molar-refractivity contribution in [1.82, 2.24) is 5.32 Å². The van der Waals surface area contributed by atoms with Crippen molar-refractivity contribution in [2.24, 2.45) is 5.92 Å². The van der Waals surface area contributed by atoms with E-state index in [-0.39, 0.29) is 0 Å². The molecule has 1 aromatic heterocycles. The lowest BCUT2D eigenvalue weighted by Crippen LogP contribution is -2.24. The third-order valence-corrected chi connectivity index (χ3v) is 5.54. The predicted molar refractivity (Wildman–Crippen MR) is 72.4 cm³/mol. The van der Waals surface area contributed by atoms with E-state index in [1.165, 1.54) is 4.88 Å². The molecule has 2 rings (SSSR count). The van der Waals surface area contributed by atoms with Gasteiger partial charge in [-0.05, 0) is 42.4 Å². The number of halogens is 2. The van der Waals surface area contributed by atoms with E-state index >= 15 is 0 Å². The first-order chi connectivity index (χ1) is 7.61. The molecule has 5 heteroatoms. The van der Waals surface area contributed by atoms with Crippen LogP contribution in [-0.4, -0.2) is 19.8 Å². The van der Waals surface area contributed by atoms with Gasteiger partial charge in [0, 0.05) is 21.3 Å². The second kappa shape index (κ2) is 5.36. The molecule has 1 N–H and O–H groups in total. The van der Waals surface area contributed by atoms with Crippen LogP contribution in [0.25, 0.3) is 0 Å². The second-order valence-electron chi connectivity index (χ2n) is 4.18. The third-order valence-electron chi connectivity index (χ3n) is 2.98. The molecule has 3 atom stereocenters. The van der Waals surface area contributed by atoms with Gasteiger partial charge in [0.1, 0.15) is 4.34 Å². The number of hydrogen-bond donors (Lipinski definition) is 1. The summed E-state index contributed by atoms with van der Waals surface area (Å²) in [6, 6.07) is 2.45. The maximum absolute atomic E-state index is 6.08. The van der Waals surface area contributed by atoms with Gasteiger partial charge < -0.3 is 10.1 Å². The summed E-state index contributed by atoms with van der Waals surface area (Å²) in [5, 5.41) is 3.37. The molecule has 0 radical (unpaired) electrons. The van der Waals surface area contributed by atoms with Crippen LogP contribution in [-0.2, 0) is 4.74 Å². The number of rotatable bonds is 3. The zero-order valence-corrected chi connectivity index (χ0v) is 12.5. The molecule has 2 heterocycles. The van der Waals surface area contributed by atoms with E-state index in [1.807, 2.05) is 7.05 Å². The number of hydrogen-bond acceptors (Lipinski definition) is 3. The molecule has 3 unspecified atom stereocenters. The molecule has 1 aromatic rings. The van der Waals surface area contributed by atoms with Crippen molar-refractivity contribution >= 4 is 38.9 Å². The maximum atomic E-state index is 6.08. The normalized spacial score (nSPS) is 27.2. The van der Waals surface area contributed by atoms with E-state index in [9.17, 15) is 0 Å². The highest BCUT2D eigenvalue weighted by Gasteiger charge is 2.30. The first-order valence-electron chi connectivity index (χ1n) is 5.35. The van der Waals surface area contributed by atoms with Gasteiger partial charge in [0.05, 0.1) is 12.7 Å². The molecule has 0 saturated carbocycles. The Hall–Kier alpha value is 0.390. The lowest BCUT2D eigenvalue weighted by atomic mass is 9.96. The predicted octanol–water partition coefficient (Wildman–Crippen LogP) is 3.85. The minimum absolute atomic E-state index is 0.346. The molecular weight excluding hydrogens is 310 g/mol. The van der Waals surface area contributed by atoms with Crippen LogP contribution in [0, 0.1) is 5.92 Å². The van der Waals surface area contributed by atoms with Gasteiger partial charge in [-0.1, -0.05) is 11.6 Å². The largest absolute Gasteiger partial charge is 0.378 e. The van der Waals surface area contributed by atoms with Gasteiger partial charge in [0.15, 0.2) is 0 Å². The van der Waals surface area contributed by atoms with E-state index in [2.05, 4.69) is 34.2 Å². The molecule has 16 heavy (non-hydrogen) atoms. The average molecular weight is 325 g/mol. The van der Waals surface area contributed by atoms with Gasteiger partial charge in [-0.3, -0.25) is 0 Å². The Morgan fingerprint density at radius 3 is 2.88 bits per heavy atom. The Bertz CT molecular complexity index is 351. The van der Waals surface area contributed by atoms with Crippen LogP contribution in [0.15, 0.2) is 10.5 Å². The van der Waals surface area contributed by atoms with Crippen molar-refractivity contribution in [3.63, 3.8) is 0 Å². The fourth-order valence-electron chi connectivity index (χ4n) is 2.21. The molecule has 1 fully saturated rings. The molecule has 1 saturated heterocycles. The Morgan fingerprint density at radius 1 is 1.69 bits per heavy atom. The third kappa shape index (κ3) is 2.62. The van der Waals surface area contributed by atoms with Gasteiger partial charge in [-0.2, -0.15) is 0 Å². The highest BCUT2D eigenvalue weighted by atomic mass is 79.9. The fraction of sp³-hybridized carbons (Fsp3) is 0.636. The number of thiophene rings is 1. The van der Waals surface area contributed by atoms with Gasteiger partial charge in [-0.15, -0.1) is 11.3 Å². The van der Waals surface area contributed by atoms with Crippen LogP contribution < -0.4 is 5.32 Å². The van der Waals surface area contributed by atoms with Gasteiger partial charge in [0.2, 0.25) is 0 Å². The molecule has 1 aliphatic heterocycles. The van der Waals surface area contributed by atoms with Crippen molar-refractivity contribution in [3.8, 4) is 0 Å². The summed E-state index contributed by atoms with van der Waals surface area (Å²) in [4.78, 5) is 1.28. The van der Waals surface area contributed by atoms with Crippen LogP contribution in [0.1, 0.15) is 24.3 Å². The Morgan fingerprint density at radius 2 is 2.44 bits per heavy atom. The highest BCUT2D eigenvalue weighted by Crippen LogP contribution is 2.39. The lowest BCUT2D eigenvalue weighted by molar-refractivity contribution is 0.117. The van der Waals surface area contributed by atoms with Crippen molar-refractivity contribution in [2.75, 3.05) is 13.7 Å². The van der Waals surface area contributed by atoms with E-state index in [1.54, 1.807) is 11.3 Å². The molecule has 0 bridgehead atoms. The maximum Gasteiger partial charge on any atom is 0.107 e. The van der Waals surface area contributed by atoms with Gasteiger partial charge in [0.25, 0.3) is 0 Å². The molecule has 90 valence electrons. The average Bonchev–Trinajstić information content (AvgIpc) is 2.77. The number of nitrogens with one attached hydrogen (secondary N) is 1. The molecular formula is C11H15BrClNOS. The highest BCUT2D eigenvalue weighted by molar-refractivity contribution is 9.10. The second-order valence-corrected chi connectivity index (χ2v) is 6.72. The molecule has 2 nitrogen and oxygen atoms in total.